The number of allylic oxidation sites excluding steroid dienone is 2. The molecule has 0 unspecified atom stereocenters. The SMILES string of the molecule is CC(=O)/C=C(/C)O.COc1c[c-]c(-c2ccccn2)c2c1ccc1ccc3ccc4ccc5ccccc5c4c3c12.[Pt]. The topological polar surface area (TPSA) is 59.4 Å². The van der Waals surface area contributed by atoms with Gasteiger partial charge in [0.25, 0.3) is 0 Å². The quantitative estimate of drug-likeness (QED) is 0.0853. The maximum atomic E-state index is 10.0. The predicted molar refractivity (Wildman–Crippen MR) is 170 cm³/mol. The number of aliphatic hydroxyl groups excluding tert-OH is 1. The number of rotatable bonds is 3. The van der Waals surface area contributed by atoms with Crippen LogP contribution >= 0.6 is 0 Å². The molecule has 1 heterocycles. The van der Waals surface area contributed by atoms with Crippen molar-refractivity contribution < 1.29 is 35.7 Å². The Bertz CT molecular complexity index is 2120. The van der Waals surface area contributed by atoms with E-state index in [-0.39, 0.29) is 32.6 Å². The van der Waals surface area contributed by atoms with E-state index in [1.54, 1.807) is 7.11 Å². The Morgan fingerprint density at radius 2 is 1.33 bits per heavy atom. The second kappa shape index (κ2) is 12.1. The molecule has 1 N–H and O–H groups in total. The zero-order valence-corrected chi connectivity index (χ0v) is 25.7. The number of fused-ring (bicyclic) bond motifs is 9. The van der Waals surface area contributed by atoms with E-state index in [2.05, 4.69) is 89.9 Å². The van der Waals surface area contributed by atoms with Gasteiger partial charge in [0.1, 0.15) is 0 Å². The molecule has 0 amide bonds. The second-order valence-corrected chi connectivity index (χ2v) is 10.0. The van der Waals surface area contributed by atoms with Crippen molar-refractivity contribution in [3.8, 4) is 17.0 Å². The zero-order chi connectivity index (χ0) is 28.5. The number of hydrogen-bond acceptors (Lipinski definition) is 4. The number of aromatic nitrogens is 1. The van der Waals surface area contributed by atoms with E-state index < -0.39 is 0 Å². The summed E-state index contributed by atoms with van der Waals surface area (Å²) in [4.78, 5) is 14.7. The maximum absolute atomic E-state index is 10.0. The molecule has 0 aliphatic heterocycles. The third-order valence-electron chi connectivity index (χ3n) is 7.29. The minimum Gasteiger partial charge on any atom is -0.539 e. The number of nitrogens with zero attached hydrogens (tertiary/aromatic N) is 1. The summed E-state index contributed by atoms with van der Waals surface area (Å²) in [5, 5.41) is 20.5. The minimum atomic E-state index is -0.125. The van der Waals surface area contributed by atoms with Gasteiger partial charge >= 0.3 is 0 Å². The number of aliphatic hydroxyl groups is 1. The molecular weight excluding hydrogens is 701 g/mol. The summed E-state index contributed by atoms with van der Waals surface area (Å²) in [5.74, 6) is 0.756. The molecule has 6 aromatic carbocycles. The largest absolute Gasteiger partial charge is 0.539 e. The number of ketones is 1. The monoisotopic (exact) mass is 729 g/mol. The van der Waals surface area contributed by atoms with Crippen LogP contribution in [-0.4, -0.2) is 23.0 Å². The van der Waals surface area contributed by atoms with Gasteiger partial charge in [0.15, 0.2) is 5.78 Å². The summed E-state index contributed by atoms with van der Waals surface area (Å²) in [6.07, 6.45) is 3.01. The fraction of sp³-hybridized carbons (Fsp3) is 0.0811. The number of methoxy groups -OCH3 is 1. The molecule has 42 heavy (non-hydrogen) atoms. The van der Waals surface area contributed by atoms with Crippen LogP contribution in [0.3, 0.4) is 0 Å². The summed E-state index contributed by atoms with van der Waals surface area (Å²) in [7, 11) is 1.72. The van der Waals surface area contributed by atoms with Gasteiger partial charge in [-0.05, 0) is 68.7 Å². The van der Waals surface area contributed by atoms with E-state index in [4.69, 9.17) is 9.84 Å². The van der Waals surface area contributed by atoms with Crippen LogP contribution in [0.2, 0.25) is 0 Å². The summed E-state index contributed by atoms with van der Waals surface area (Å²) in [6, 6.07) is 37.8. The van der Waals surface area contributed by atoms with Crippen LogP contribution in [0.25, 0.3) is 65.1 Å². The first-order chi connectivity index (χ1) is 20.0. The molecule has 0 spiro atoms. The molecule has 0 fully saturated rings. The second-order valence-electron chi connectivity index (χ2n) is 10.0. The van der Waals surface area contributed by atoms with Crippen LogP contribution in [-0.2, 0) is 25.9 Å². The van der Waals surface area contributed by atoms with Crippen LogP contribution in [0, 0.1) is 6.07 Å². The van der Waals surface area contributed by atoms with E-state index in [0.29, 0.717) is 0 Å². The molecule has 0 atom stereocenters. The fourth-order valence-corrected chi connectivity index (χ4v) is 5.66. The molecule has 0 aliphatic carbocycles. The number of benzene rings is 6. The third-order valence-corrected chi connectivity index (χ3v) is 7.29. The molecular formula is C37H28NO3Pt-. The van der Waals surface area contributed by atoms with Crippen molar-refractivity contribution in [2.24, 2.45) is 0 Å². The van der Waals surface area contributed by atoms with Gasteiger partial charge in [-0.1, -0.05) is 95.7 Å². The molecule has 0 saturated carbocycles. The fourth-order valence-electron chi connectivity index (χ4n) is 5.66. The molecule has 7 aromatic rings. The van der Waals surface area contributed by atoms with Gasteiger partial charge in [0.2, 0.25) is 0 Å². The summed E-state index contributed by atoms with van der Waals surface area (Å²) >= 11 is 0. The Kier molecular flexibility index (Phi) is 8.38. The molecule has 0 aliphatic rings. The van der Waals surface area contributed by atoms with E-state index in [9.17, 15) is 4.79 Å². The molecule has 0 saturated heterocycles. The van der Waals surface area contributed by atoms with Gasteiger partial charge in [-0.25, -0.2) is 0 Å². The van der Waals surface area contributed by atoms with Crippen molar-refractivity contribution in [1.29, 1.82) is 0 Å². The third kappa shape index (κ3) is 5.26. The Morgan fingerprint density at radius 3 is 1.93 bits per heavy atom. The molecule has 7 rings (SSSR count). The molecule has 210 valence electrons. The summed E-state index contributed by atoms with van der Waals surface area (Å²) in [6.45, 7) is 2.85. The molecule has 1 aromatic heterocycles. The van der Waals surface area contributed by atoms with Crippen molar-refractivity contribution in [3.63, 3.8) is 0 Å². The summed E-state index contributed by atoms with van der Waals surface area (Å²) < 4.78 is 5.79. The van der Waals surface area contributed by atoms with Crippen molar-refractivity contribution >= 4 is 59.6 Å². The smallest absolute Gasteiger partial charge is 0.155 e. The Labute approximate surface area is 258 Å². The van der Waals surface area contributed by atoms with Crippen LogP contribution in [0.15, 0.2) is 115 Å². The number of hydrogen-bond donors (Lipinski definition) is 1. The first kappa shape index (κ1) is 29.0. The Morgan fingerprint density at radius 1 is 0.738 bits per heavy atom. The number of carbonyl (C=O) groups is 1. The number of carbonyl (C=O) groups excluding carboxylic acids is 1. The summed E-state index contributed by atoms with van der Waals surface area (Å²) in [5.41, 5.74) is 1.90. The van der Waals surface area contributed by atoms with E-state index in [1.165, 1.54) is 63.0 Å². The van der Waals surface area contributed by atoms with E-state index in [1.807, 2.05) is 24.4 Å². The zero-order valence-electron chi connectivity index (χ0n) is 23.4. The van der Waals surface area contributed by atoms with E-state index in [0.717, 1.165) is 27.8 Å². The first-order valence-electron chi connectivity index (χ1n) is 13.4. The van der Waals surface area contributed by atoms with Gasteiger partial charge in [0, 0.05) is 39.1 Å². The molecule has 4 nitrogen and oxygen atoms in total. The predicted octanol–water partition coefficient (Wildman–Crippen LogP) is 9.36. The molecule has 0 bridgehead atoms. The van der Waals surface area contributed by atoms with Crippen molar-refractivity contribution in [1.82, 2.24) is 4.98 Å². The Balaban J connectivity index is 0.000000396. The normalized spacial score (nSPS) is 11.4. The van der Waals surface area contributed by atoms with Crippen molar-refractivity contribution in [2.75, 3.05) is 7.11 Å². The van der Waals surface area contributed by atoms with Gasteiger partial charge in [-0.2, -0.15) is 0 Å². The standard InChI is InChI=1S/C32H20NO.C5H8O2.Pt/c1-34-28-18-17-25(27-8-4-5-19-33-27)32-26(28)16-15-23-14-13-22-12-11-21-10-9-20-6-2-3-7-24(20)29(21)30(22)31(23)32;1-4(6)3-5(2)7;/h2-16,18-19H,1H3;3,6H,1-2H3;/q-1;;/b;4-3-;. The molecule has 5 heteroatoms. The average Bonchev–Trinajstić information content (AvgIpc) is 2.99. The Hall–Kier alpha value is -4.53. The van der Waals surface area contributed by atoms with Crippen LogP contribution < -0.4 is 4.74 Å². The van der Waals surface area contributed by atoms with Gasteiger partial charge in [-0.15, -0.1) is 17.7 Å². The van der Waals surface area contributed by atoms with E-state index >= 15 is 0 Å². The first-order valence-corrected chi connectivity index (χ1v) is 13.4. The van der Waals surface area contributed by atoms with Crippen LogP contribution in [0.5, 0.6) is 5.75 Å². The van der Waals surface area contributed by atoms with Gasteiger partial charge in [-0.3, -0.25) is 4.79 Å². The van der Waals surface area contributed by atoms with Crippen molar-refractivity contribution in [3.05, 3.63) is 121 Å². The number of ether oxygens (including phenoxy) is 1. The maximum Gasteiger partial charge on any atom is 0.155 e. The number of pyridine rings is 1. The minimum absolute atomic E-state index is 0. The van der Waals surface area contributed by atoms with Gasteiger partial charge in [0.05, 0.1) is 12.9 Å². The molecule has 0 radical (unpaired) electrons. The van der Waals surface area contributed by atoms with Gasteiger partial charge < -0.3 is 14.8 Å². The van der Waals surface area contributed by atoms with Crippen LogP contribution in [0.1, 0.15) is 13.8 Å². The van der Waals surface area contributed by atoms with Crippen LogP contribution in [0.4, 0.5) is 0 Å². The average molecular weight is 730 g/mol. The van der Waals surface area contributed by atoms with Crippen molar-refractivity contribution in [2.45, 2.75) is 13.8 Å².